The summed E-state index contributed by atoms with van der Waals surface area (Å²) in [7, 11) is 0. The van der Waals surface area contributed by atoms with E-state index < -0.39 is 42.2 Å². The van der Waals surface area contributed by atoms with Gasteiger partial charge in [-0.15, -0.1) is 0 Å². The van der Waals surface area contributed by atoms with Crippen molar-refractivity contribution in [3.8, 4) is 6.07 Å². The maximum absolute atomic E-state index is 13.3. The van der Waals surface area contributed by atoms with Crippen molar-refractivity contribution in [2.24, 2.45) is 0 Å². The minimum atomic E-state index is -4.66. The molecule has 2 aromatic carbocycles. The summed E-state index contributed by atoms with van der Waals surface area (Å²) < 4.78 is 39.9. The second kappa shape index (κ2) is 8.53. The Labute approximate surface area is 190 Å². The molecule has 0 radical (unpaired) electrons. The van der Waals surface area contributed by atoms with Crippen molar-refractivity contribution in [3.05, 3.63) is 76.5 Å². The van der Waals surface area contributed by atoms with Crippen LogP contribution in [0.3, 0.4) is 0 Å². The summed E-state index contributed by atoms with van der Waals surface area (Å²) in [5, 5.41) is 21.8. The molecule has 9 nitrogen and oxygen atoms in total. The summed E-state index contributed by atoms with van der Waals surface area (Å²) in [6.45, 7) is -0.841. The maximum atomic E-state index is 13.3. The number of carbonyl (C=O) groups excluding carboxylic acids is 2. The molecule has 0 aromatic heterocycles. The van der Waals surface area contributed by atoms with Crippen LogP contribution in [-0.2, 0) is 15.8 Å². The number of alkyl halides is 3. The zero-order valence-electron chi connectivity index (χ0n) is 17.3. The molecule has 2 aliphatic rings. The van der Waals surface area contributed by atoms with Crippen molar-refractivity contribution in [1.82, 2.24) is 15.8 Å². The van der Waals surface area contributed by atoms with Gasteiger partial charge < -0.3 is 10.4 Å². The van der Waals surface area contributed by atoms with Gasteiger partial charge in [0.25, 0.3) is 5.91 Å². The third kappa shape index (κ3) is 4.28. The lowest BCUT2D eigenvalue weighted by Crippen LogP contribution is -2.59. The highest BCUT2D eigenvalue weighted by atomic mass is 19.4. The molecule has 174 valence electrons. The number of hydrogen-bond donors (Lipinski definition) is 3. The summed E-state index contributed by atoms with van der Waals surface area (Å²) in [5.41, 5.74) is 2.22. The normalized spacial score (nSPS) is 18.6. The molecule has 0 aliphatic carbocycles. The zero-order chi connectivity index (χ0) is 24.6. The van der Waals surface area contributed by atoms with Gasteiger partial charge >= 0.3 is 18.2 Å². The highest BCUT2D eigenvalue weighted by Gasteiger charge is 2.42. The van der Waals surface area contributed by atoms with Crippen molar-refractivity contribution in [2.75, 3.05) is 18.0 Å². The molecular formula is C22H16F3N5O4. The predicted molar refractivity (Wildman–Crippen MR) is 111 cm³/mol. The van der Waals surface area contributed by atoms with E-state index in [1.807, 2.05) is 6.07 Å². The first-order valence-corrected chi connectivity index (χ1v) is 9.87. The summed E-state index contributed by atoms with van der Waals surface area (Å²) in [6.07, 6.45) is -4.66. The molecule has 4 rings (SSSR count). The molecule has 0 unspecified atom stereocenters. The number of nitrogens with one attached hydrogen (secondary N) is 2. The number of urea groups is 1. The molecule has 0 saturated carbocycles. The van der Waals surface area contributed by atoms with E-state index >= 15 is 0 Å². The number of hydrogen-bond acceptors (Lipinski definition) is 5. The molecule has 1 atom stereocenters. The van der Waals surface area contributed by atoms with Gasteiger partial charge in [-0.2, -0.15) is 18.4 Å². The molecule has 0 bridgehead atoms. The largest absolute Gasteiger partial charge is 0.480 e. The van der Waals surface area contributed by atoms with E-state index in [2.05, 4.69) is 10.7 Å². The van der Waals surface area contributed by atoms with Gasteiger partial charge in [-0.05, 0) is 35.9 Å². The Balaban J connectivity index is 1.85. The van der Waals surface area contributed by atoms with Crippen molar-refractivity contribution < 1.29 is 32.7 Å². The number of benzene rings is 2. The Bertz CT molecular complexity index is 1250. The average Bonchev–Trinajstić information content (AvgIpc) is 2.77. The Kier molecular flexibility index (Phi) is 5.72. The van der Waals surface area contributed by atoms with E-state index in [9.17, 15) is 27.6 Å². The van der Waals surface area contributed by atoms with Crippen molar-refractivity contribution in [1.29, 1.82) is 5.26 Å². The van der Waals surface area contributed by atoms with E-state index in [4.69, 9.17) is 10.4 Å². The molecule has 0 saturated heterocycles. The Morgan fingerprint density at radius 2 is 1.88 bits per heavy atom. The summed E-state index contributed by atoms with van der Waals surface area (Å²) in [5.74, 6) is -1.97. The molecule has 0 spiro atoms. The number of hydrazine groups is 1. The number of carboxylic acids is 1. The van der Waals surface area contributed by atoms with Crippen LogP contribution in [0.25, 0.3) is 0 Å². The number of carboxylic acid groups (broad SMARTS) is 1. The third-order valence-electron chi connectivity index (χ3n) is 5.32. The van der Waals surface area contributed by atoms with Crippen LogP contribution >= 0.6 is 0 Å². The van der Waals surface area contributed by atoms with Crippen LogP contribution in [0.5, 0.6) is 0 Å². The second-order valence-corrected chi connectivity index (χ2v) is 7.55. The number of rotatable bonds is 4. The molecule has 3 N–H and O–H groups in total. The molecule has 0 fully saturated rings. The summed E-state index contributed by atoms with van der Waals surface area (Å²) in [4.78, 5) is 38.3. The number of anilines is 1. The molecule has 2 heterocycles. The molecule has 2 aliphatic heterocycles. The van der Waals surface area contributed by atoms with Crippen LogP contribution in [0, 0.1) is 11.3 Å². The third-order valence-corrected chi connectivity index (χ3v) is 5.32. The van der Waals surface area contributed by atoms with E-state index in [1.54, 1.807) is 12.1 Å². The topological polar surface area (TPSA) is 126 Å². The van der Waals surface area contributed by atoms with Crippen LogP contribution in [0.15, 0.2) is 59.8 Å². The first kappa shape index (κ1) is 22.8. The lowest BCUT2D eigenvalue weighted by molar-refractivity contribution is -0.140. The highest BCUT2D eigenvalue weighted by Crippen LogP contribution is 2.38. The highest BCUT2D eigenvalue weighted by molar-refractivity contribution is 6.05. The number of aliphatic carboxylic acids is 1. The number of carbonyl (C=O) groups is 3. The lowest BCUT2D eigenvalue weighted by Gasteiger charge is -2.41. The monoisotopic (exact) mass is 471 g/mol. The summed E-state index contributed by atoms with van der Waals surface area (Å²) >= 11 is 0. The second-order valence-electron chi connectivity index (χ2n) is 7.55. The van der Waals surface area contributed by atoms with Crippen LogP contribution in [0.2, 0.25) is 0 Å². The minimum Gasteiger partial charge on any atom is -0.480 e. The quantitative estimate of drug-likeness (QED) is 0.629. The first-order chi connectivity index (χ1) is 16.1. The molecule has 3 amide bonds. The van der Waals surface area contributed by atoms with E-state index in [-0.39, 0.29) is 23.5 Å². The molecule has 34 heavy (non-hydrogen) atoms. The fourth-order valence-corrected chi connectivity index (χ4v) is 3.87. The minimum absolute atomic E-state index is 0.0439. The molecular weight excluding hydrogens is 455 g/mol. The van der Waals surface area contributed by atoms with Crippen LogP contribution in [0.1, 0.15) is 22.7 Å². The first-order valence-electron chi connectivity index (χ1n) is 9.87. The summed E-state index contributed by atoms with van der Waals surface area (Å²) in [6, 6.07) is 10.3. The van der Waals surface area contributed by atoms with Gasteiger partial charge in [0, 0.05) is 0 Å². The molecule has 2 aromatic rings. The SMILES string of the molecule is N#Cc1ccc([C@H]2NC(=O)N(c3cccc(C(F)(F)F)c3)C3=C2C(=O)NN(CC(=O)O)C3)cc1. The van der Waals surface area contributed by atoms with Crippen molar-refractivity contribution >= 4 is 23.6 Å². The van der Waals surface area contributed by atoms with E-state index in [0.717, 1.165) is 28.1 Å². The van der Waals surface area contributed by atoms with E-state index in [1.165, 1.54) is 18.2 Å². The predicted octanol–water partition coefficient (Wildman–Crippen LogP) is 2.53. The smallest absolute Gasteiger partial charge is 0.416 e. The lowest BCUT2D eigenvalue weighted by atomic mass is 9.92. The maximum Gasteiger partial charge on any atom is 0.416 e. The van der Waals surface area contributed by atoms with Crippen molar-refractivity contribution in [3.63, 3.8) is 0 Å². The molecule has 12 heteroatoms. The standard InChI is InChI=1S/C22H16F3N5O4/c23-22(24,25)14-2-1-3-15(8-14)30-16-10-29(11-17(31)32)28-20(33)18(16)19(27-21(30)34)13-6-4-12(9-26)5-7-13/h1-8,19H,10-11H2,(H,27,34)(H,28,33)(H,31,32)/t19-/m1/s1. The van der Waals surface area contributed by atoms with Crippen LogP contribution < -0.4 is 15.6 Å². The van der Waals surface area contributed by atoms with Gasteiger partial charge in [0.05, 0.1) is 46.7 Å². The number of amides is 3. The fourth-order valence-electron chi connectivity index (χ4n) is 3.87. The number of nitriles is 1. The van der Waals surface area contributed by atoms with Crippen LogP contribution in [-0.4, -0.2) is 41.1 Å². The Morgan fingerprint density at radius 1 is 1.18 bits per heavy atom. The fraction of sp³-hybridized carbons (Fsp3) is 0.182. The van der Waals surface area contributed by atoms with Gasteiger partial charge in [0.2, 0.25) is 0 Å². The number of nitrogens with zero attached hydrogens (tertiary/aromatic N) is 3. The van der Waals surface area contributed by atoms with Crippen molar-refractivity contribution in [2.45, 2.75) is 12.2 Å². The van der Waals surface area contributed by atoms with Gasteiger partial charge in [-0.1, -0.05) is 18.2 Å². The Hall–Kier alpha value is -4.37. The van der Waals surface area contributed by atoms with Gasteiger partial charge in [-0.3, -0.25) is 19.9 Å². The van der Waals surface area contributed by atoms with Crippen LogP contribution in [0.4, 0.5) is 23.7 Å². The zero-order valence-corrected chi connectivity index (χ0v) is 17.3. The van der Waals surface area contributed by atoms with Gasteiger partial charge in [0.15, 0.2) is 0 Å². The van der Waals surface area contributed by atoms with E-state index in [0.29, 0.717) is 11.1 Å². The number of halogens is 3. The van der Waals surface area contributed by atoms with Gasteiger partial charge in [0.1, 0.15) is 6.54 Å². The average molecular weight is 471 g/mol. The Morgan fingerprint density at radius 3 is 2.50 bits per heavy atom. The van der Waals surface area contributed by atoms with Gasteiger partial charge in [-0.25, -0.2) is 9.80 Å².